The molecule has 0 bridgehead atoms. The van der Waals surface area contributed by atoms with Crippen LogP contribution in [-0.2, 0) is 0 Å². The maximum Gasteiger partial charge on any atom is 0.132 e. The summed E-state index contributed by atoms with van der Waals surface area (Å²) in [5, 5.41) is 10.6. The van der Waals surface area contributed by atoms with E-state index in [4.69, 9.17) is 0 Å². The monoisotopic (exact) mass is 262 g/mol. The van der Waals surface area contributed by atoms with Crippen molar-refractivity contribution in [3.63, 3.8) is 0 Å². The quantitative estimate of drug-likeness (QED) is 0.872. The van der Waals surface area contributed by atoms with E-state index in [1.54, 1.807) is 6.33 Å². The molecule has 0 radical (unpaired) electrons. The highest BCUT2D eigenvalue weighted by Crippen LogP contribution is 2.39. The van der Waals surface area contributed by atoms with E-state index in [-0.39, 0.29) is 0 Å². The molecule has 3 rings (SSSR count). The molecule has 1 saturated carbocycles. The maximum atomic E-state index is 10.6. The summed E-state index contributed by atoms with van der Waals surface area (Å²) >= 11 is 0. The van der Waals surface area contributed by atoms with E-state index in [1.165, 1.54) is 12.8 Å². The zero-order chi connectivity index (χ0) is 13.5. The van der Waals surface area contributed by atoms with Gasteiger partial charge in [-0.05, 0) is 33.4 Å². The Labute approximate surface area is 114 Å². The van der Waals surface area contributed by atoms with Crippen LogP contribution in [0.4, 0.5) is 5.82 Å². The summed E-state index contributed by atoms with van der Waals surface area (Å²) in [5.74, 6) is 1.61. The lowest BCUT2D eigenvalue weighted by Gasteiger charge is -2.27. The van der Waals surface area contributed by atoms with Crippen LogP contribution < -0.4 is 4.90 Å². The molecule has 0 amide bonds. The third-order valence-corrected chi connectivity index (χ3v) is 3.94. The van der Waals surface area contributed by atoms with Crippen LogP contribution >= 0.6 is 0 Å². The Balaban J connectivity index is 1.71. The van der Waals surface area contributed by atoms with Gasteiger partial charge in [0.1, 0.15) is 12.1 Å². The van der Waals surface area contributed by atoms with E-state index in [2.05, 4.69) is 20.9 Å². The Kier molecular flexibility index (Phi) is 3.19. The fourth-order valence-electron chi connectivity index (χ4n) is 2.91. The van der Waals surface area contributed by atoms with Crippen molar-refractivity contribution >= 4 is 5.82 Å². The largest absolute Gasteiger partial charge is 0.387 e. The number of rotatable bonds is 4. The molecule has 1 aliphatic carbocycles. The minimum atomic E-state index is -0.617. The Morgan fingerprint density at radius 3 is 2.89 bits per heavy atom. The second-order valence-corrected chi connectivity index (χ2v) is 6.21. The number of aliphatic hydroxyl groups is 1. The highest BCUT2D eigenvalue weighted by Gasteiger charge is 2.37. The Hall–Kier alpha value is -1.20. The lowest BCUT2D eigenvalue weighted by molar-refractivity contribution is 0.0365. The normalized spacial score (nSPS) is 27.3. The van der Waals surface area contributed by atoms with Crippen LogP contribution in [-0.4, -0.2) is 59.3 Å². The van der Waals surface area contributed by atoms with Crippen molar-refractivity contribution in [2.24, 2.45) is 0 Å². The lowest BCUT2D eigenvalue weighted by Crippen LogP contribution is -2.42. The fourth-order valence-corrected chi connectivity index (χ4v) is 2.91. The van der Waals surface area contributed by atoms with E-state index >= 15 is 0 Å². The molecule has 2 aliphatic rings. The number of hydrogen-bond donors (Lipinski definition) is 1. The molecule has 19 heavy (non-hydrogen) atoms. The topological polar surface area (TPSA) is 52.5 Å². The van der Waals surface area contributed by atoms with Crippen molar-refractivity contribution in [2.75, 3.05) is 38.6 Å². The number of likely N-dealkylation sites (N-methyl/N-ethyl adjacent to an activating group) is 1. The van der Waals surface area contributed by atoms with Gasteiger partial charge in [0.2, 0.25) is 0 Å². The minimum Gasteiger partial charge on any atom is -0.387 e. The molecule has 0 aromatic carbocycles. The molecule has 2 heterocycles. The first-order chi connectivity index (χ1) is 9.06. The van der Waals surface area contributed by atoms with Crippen LogP contribution in [0.3, 0.4) is 0 Å². The first kappa shape index (κ1) is 12.8. The average Bonchev–Trinajstić information content (AvgIpc) is 3.13. The average molecular weight is 262 g/mol. The standard InChI is InChI=1S/C14H22N4O/c1-17(2)8-14(19)5-6-18(9-14)13-7-12(11-3-4-11)15-10-16-13/h7,10-11,19H,3-6,8-9H2,1-2H3/t14-/m0/s1. The van der Waals surface area contributed by atoms with E-state index in [0.29, 0.717) is 19.0 Å². The maximum absolute atomic E-state index is 10.6. The van der Waals surface area contributed by atoms with Crippen molar-refractivity contribution in [3.05, 3.63) is 18.1 Å². The van der Waals surface area contributed by atoms with E-state index in [9.17, 15) is 5.11 Å². The summed E-state index contributed by atoms with van der Waals surface area (Å²) in [4.78, 5) is 12.9. The fraction of sp³-hybridized carbons (Fsp3) is 0.714. The number of β-amino-alcohol motifs (C(OH)–C–C–N with tert-alkyl or cyclic N) is 1. The third kappa shape index (κ3) is 2.87. The highest BCUT2D eigenvalue weighted by atomic mass is 16.3. The molecule has 1 aromatic heterocycles. The van der Waals surface area contributed by atoms with Crippen molar-refractivity contribution in [1.29, 1.82) is 0 Å². The zero-order valence-electron chi connectivity index (χ0n) is 11.7. The predicted octanol–water partition coefficient (Wildman–Crippen LogP) is 0.857. The van der Waals surface area contributed by atoms with Crippen LogP contribution in [0, 0.1) is 0 Å². The van der Waals surface area contributed by atoms with Gasteiger partial charge < -0.3 is 14.9 Å². The Morgan fingerprint density at radius 2 is 2.21 bits per heavy atom. The van der Waals surface area contributed by atoms with Gasteiger partial charge in [-0.1, -0.05) is 0 Å². The predicted molar refractivity (Wildman–Crippen MR) is 74.3 cm³/mol. The molecular formula is C14H22N4O. The molecule has 0 unspecified atom stereocenters. The van der Waals surface area contributed by atoms with Gasteiger partial charge in [0.05, 0.1) is 5.60 Å². The number of aromatic nitrogens is 2. The summed E-state index contributed by atoms with van der Waals surface area (Å²) in [6.07, 6.45) is 4.96. The van der Waals surface area contributed by atoms with Gasteiger partial charge in [-0.3, -0.25) is 0 Å². The van der Waals surface area contributed by atoms with Gasteiger partial charge in [0, 0.05) is 37.3 Å². The molecule has 0 spiro atoms. The van der Waals surface area contributed by atoms with Crippen molar-refractivity contribution in [1.82, 2.24) is 14.9 Å². The Morgan fingerprint density at radius 1 is 1.42 bits per heavy atom. The van der Waals surface area contributed by atoms with Crippen LogP contribution in [0.15, 0.2) is 12.4 Å². The van der Waals surface area contributed by atoms with Gasteiger partial charge in [-0.15, -0.1) is 0 Å². The first-order valence-corrected chi connectivity index (χ1v) is 7.00. The molecule has 1 aliphatic heterocycles. The lowest BCUT2D eigenvalue weighted by atomic mass is 10.0. The molecule has 1 atom stereocenters. The molecule has 5 nitrogen and oxygen atoms in total. The van der Waals surface area contributed by atoms with Gasteiger partial charge in [0.15, 0.2) is 0 Å². The third-order valence-electron chi connectivity index (χ3n) is 3.94. The van der Waals surface area contributed by atoms with Crippen LogP contribution in [0.5, 0.6) is 0 Å². The van der Waals surface area contributed by atoms with Gasteiger partial charge >= 0.3 is 0 Å². The van der Waals surface area contributed by atoms with Gasteiger partial charge in [-0.25, -0.2) is 9.97 Å². The van der Waals surface area contributed by atoms with Crippen LogP contribution in [0.1, 0.15) is 30.9 Å². The van der Waals surface area contributed by atoms with E-state index < -0.39 is 5.60 Å². The Bertz CT molecular complexity index is 461. The number of hydrogen-bond acceptors (Lipinski definition) is 5. The minimum absolute atomic E-state index is 0.617. The van der Waals surface area contributed by atoms with Crippen molar-refractivity contribution < 1.29 is 5.11 Å². The molecule has 1 aromatic rings. The summed E-state index contributed by atoms with van der Waals surface area (Å²) in [6, 6.07) is 2.10. The first-order valence-electron chi connectivity index (χ1n) is 7.00. The molecule has 5 heteroatoms. The molecular weight excluding hydrogens is 240 g/mol. The van der Waals surface area contributed by atoms with Gasteiger partial charge in [0.25, 0.3) is 0 Å². The van der Waals surface area contributed by atoms with E-state index in [1.807, 2.05) is 19.0 Å². The van der Waals surface area contributed by atoms with Crippen LogP contribution in [0.25, 0.3) is 0 Å². The molecule has 2 fully saturated rings. The molecule has 1 saturated heterocycles. The van der Waals surface area contributed by atoms with E-state index in [0.717, 1.165) is 24.5 Å². The van der Waals surface area contributed by atoms with Crippen LogP contribution in [0.2, 0.25) is 0 Å². The second-order valence-electron chi connectivity index (χ2n) is 6.21. The smallest absolute Gasteiger partial charge is 0.132 e. The zero-order valence-corrected chi connectivity index (χ0v) is 11.7. The SMILES string of the molecule is CN(C)C[C@@]1(O)CCN(c2cc(C3CC3)ncn2)C1. The summed E-state index contributed by atoms with van der Waals surface area (Å²) in [6.45, 7) is 2.22. The second kappa shape index (κ2) is 4.72. The molecule has 1 N–H and O–H groups in total. The van der Waals surface area contributed by atoms with Crippen molar-refractivity contribution in [2.45, 2.75) is 30.8 Å². The van der Waals surface area contributed by atoms with Crippen molar-refractivity contribution in [3.8, 4) is 0 Å². The van der Waals surface area contributed by atoms with Gasteiger partial charge in [-0.2, -0.15) is 0 Å². The summed E-state index contributed by atoms with van der Waals surface area (Å²) in [7, 11) is 3.99. The summed E-state index contributed by atoms with van der Waals surface area (Å²) in [5.41, 5.74) is 0.543. The number of nitrogens with zero attached hydrogens (tertiary/aromatic N) is 4. The number of anilines is 1. The molecule has 104 valence electrons. The highest BCUT2D eigenvalue weighted by molar-refractivity contribution is 5.42. The summed E-state index contributed by atoms with van der Waals surface area (Å²) < 4.78 is 0.